The van der Waals surface area contributed by atoms with Crippen LogP contribution in [0, 0.1) is 0 Å². The number of carboxylic acid groups (broad SMARTS) is 1. The number of aromatic nitrogens is 3. The van der Waals surface area contributed by atoms with Crippen molar-refractivity contribution in [1.82, 2.24) is 15.0 Å². The SMILES string of the molecule is CC1(C)Cc2cnc(N)nc2-c2[nH]c3ccc(C(=O)O)cc3c21. The number of H-pyrrole nitrogens is 1. The van der Waals surface area contributed by atoms with Crippen molar-refractivity contribution < 1.29 is 9.90 Å². The molecule has 2 aromatic heterocycles. The molecule has 0 saturated heterocycles. The topological polar surface area (TPSA) is 105 Å². The molecular weight excluding hydrogens is 292 g/mol. The van der Waals surface area contributed by atoms with Crippen molar-refractivity contribution in [3.8, 4) is 11.4 Å². The fourth-order valence-corrected chi connectivity index (χ4v) is 3.54. The van der Waals surface area contributed by atoms with Crippen LogP contribution in [0.3, 0.4) is 0 Å². The average molecular weight is 308 g/mol. The average Bonchev–Trinajstić information content (AvgIpc) is 2.87. The smallest absolute Gasteiger partial charge is 0.335 e. The molecule has 0 unspecified atom stereocenters. The highest BCUT2D eigenvalue weighted by Crippen LogP contribution is 2.45. The Kier molecular flexibility index (Phi) is 2.58. The van der Waals surface area contributed by atoms with E-state index in [1.54, 1.807) is 24.4 Å². The Morgan fingerprint density at radius 3 is 2.91 bits per heavy atom. The molecule has 1 aliphatic rings. The molecule has 3 aromatic rings. The molecule has 0 saturated carbocycles. The number of anilines is 1. The molecule has 0 bridgehead atoms. The standard InChI is InChI=1S/C17H16N4O2/c1-17(2)6-9-7-19-16(18)21-13(9)14-12(17)10-5-8(15(22)23)3-4-11(10)20-14/h3-5,7,20H,6H2,1-2H3,(H,22,23)(H2,18,19,21). The molecule has 0 aliphatic heterocycles. The number of fused-ring (bicyclic) bond motifs is 5. The second-order valence-electron chi connectivity index (χ2n) is 6.60. The molecule has 0 spiro atoms. The molecule has 0 radical (unpaired) electrons. The van der Waals surface area contributed by atoms with Crippen molar-refractivity contribution in [2.75, 3.05) is 5.73 Å². The molecule has 6 heteroatoms. The van der Waals surface area contributed by atoms with Gasteiger partial charge in [0.05, 0.1) is 17.0 Å². The Hall–Kier alpha value is -2.89. The van der Waals surface area contributed by atoms with Gasteiger partial charge in [0.15, 0.2) is 0 Å². The number of nitrogens with zero attached hydrogens (tertiary/aromatic N) is 2. The lowest BCUT2D eigenvalue weighted by atomic mass is 9.73. The fourth-order valence-electron chi connectivity index (χ4n) is 3.54. The number of benzene rings is 1. The van der Waals surface area contributed by atoms with Crippen molar-refractivity contribution in [3.63, 3.8) is 0 Å². The number of nitrogen functional groups attached to an aromatic ring is 1. The van der Waals surface area contributed by atoms with E-state index < -0.39 is 5.97 Å². The first-order chi connectivity index (χ1) is 10.9. The van der Waals surface area contributed by atoms with Gasteiger partial charge in [0, 0.05) is 17.1 Å². The number of hydrogen-bond acceptors (Lipinski definition) is 4. The minimum atomic E-state index is -0.928. The van der Waals surface area contributed by atoms with E-state index in [4.69, 9.17) is 5.73 Å². The predicted octanol–water partition coefficient (Wildman–Crippen LogP) is 2.74. The van der Waals surface area contributed by atoms with E-state index in [2.05, 4.69) is 28.8 Å². The molecule has 0 atom stereocenters. The molecule has 23 heavy (non-hydrogen) atoms. The number of nitrogens with one attached hydrogen (secondary N) is 1. The lowest BCUT2D eigenvalue weighted by Gasteiger charge is -2.31. The van der Waals surface area contributed by atoms with Gasteiger partial charge in [-0.3, -0.25) is 0 Å². The number of aromatic amines is 1. The van der Waals surface area contributed by atoms with E-state index >= 15 is 0 Å². The zero-order valence-corrected chi connectivity index (χ0v) is 12.8. The summed E-state index contributed by atoms with van der Waals surface area (Å²) in [6.07, 6.45) is 2.55. The Balaban J connectivity index is 2.09. The molecule has 116 valence electrons. The number of carboxylic acids is 1. The Morgan fingerprint density at radius 2 is 2.17 bits per heavy atom. The van der Waals surface area contributed by atoms with Crippen LogP contribution in [0.25, 0.3) is 22.3 Å². The van der Waals surface area contributed by atoms with E-state index in [9.17, 15) is 9.90 Å². The van der Waals surface area contributed by atoms with Crippen molar-refractivity contribution in [2.24, 2.45) is 0 Å². The summed E-state index contributed by atoms with van der Waals surface area (Å²) >= 11 is 0. The van der Waals surface area contributed by atoms with Crippen molar-refractivity contribution in [3.05, 3.63) is 41.1 Å². The Bertz CT molecular complexity index is 972. The van der Waals surface area contributed by atoms with Crippen LogP contribution in [-0.4, -0.2) is 26.0 Å². The molecule has 1 aromatic carbocycles. The van der Waals surface area contributed by atoms with Crippen LogP contribution >= 0.6 is 0 Å². The molecule has 0 amide bonds. The third kappa shape index (κ3) is 1.91. The normalized spacial score (nSPS) is 15.2. The van der Waals surface area contributed by atoms with Crippen LogP contribution in [0.4, 0.5) is 5.95 Å². The third-order valence-corrected chi connectivity index (χ3v) is 4.47. The number of carbonyl (C=O) groups is 1. The molecule has 0 fully saturated rings. The predicted molar refractivity (Wildman–Crippen MR) is 87.4 cm³/mol. The van der Waals surface area contributed by atoms with Gasteiger partial charge in [-0.15, -0.1) is 0 Å². The number of hydrogen-bond donors (Lipinski definition) is 3. The van der Waals surface area contributed by atoms with Crippen LogP contribution in [0.1, 0.15) is 35.3 Å². The minimum Gasteiger partial charge on any atom is -0.478 e. The highest BCUT2D eigenvalue weighted by molar-refractivity contribution is 5.98. The molecule has 4 rings (SSSR count). The van der Waals surface area contributed by atoms with Gasteiger partial charge in [-0.25, -0.2) is 14.8 Å². The summed E-state index contributed by atoms with van der Waals surface area (Å²) < 4.78 is 0. The van der Waals surface area contributed by atoms with Crippen LogP contribution in [0.15, 0.2) is 24.4 Å². The zero-order chi connectivity index (χ0) is 16.4. The molecular formula is C17H16N4O2. The van der Waals surface area contributed by atoms with E-state index in [1.807, 2.05) is 0 Å². The van der Waals surface area contributed by atoms with E-state index in [0.29, 0.717) is 0 Å². The fraction of sp³-hybridized carbons (Fsp3) is 0.235. The zero-order valence-electron chi connectivity index (χ0n) is 12.8. The first kappa shape index (κ1) is 13.8. The van der Waals surface area contributed by atoms with Crippen molar-refractivity contribution >= 4 is 22.8 Å². The van der Waals surface area contributed by atoms with Gasteiger partial charge in [0.25, 0.3) is 0 Å². The van der Waals surface area contributed by atoms with E-state index in [-0.39, 0.29) is 16.9 Å². The minimum absolute atomic E-state index is 0.156. The summed E-state index contributed by atoms with van der Waals surface area (Å²) in [5.41, 5.74) is 10.6. The maximum Gasteiger partial charge on any atom is 0.335 e. The highest BCUT2D eigenvalue weighted by Gasteiger charge is 2.35. The maximum absolute atomic E-state index is 11.3. The number of rotatable bonds is 1. The second kappa shape index (κ2) is 4.32. The maximum atomic E-state index is 11.3. The Morgan fingerprint density at radius 1 is 1.39 bits per heavy atom. The lowest BCUT2D eigenvalue weighted by molar-refractivity contribution is 0.0697. The highest BCUT2D eigenvalue weighted by atomic mass is 16.4. The molecule has 1 aliphatic carbocycles. The van der Waals surface area contributed by atoms with E-state index in [0.717, 1.165) is 39.8 Å². The molecule has 4 N–H and O–H groups in total. The van der Waals surface area contributed by atoms with Crippen molar-refractivity contribution in [2.45, 2.75) is 25.7 Å². The summed E-state index contributed by atoms with van der Waals surface area (Å²) in [4.78, 5) is 23.2. The van der Waals surface area contributed by atoms with E-state index in [1.165, 1.54) is 0 Å². The van der Waals surface area contributed by atoms with Gasteiger partial charge in [-0.1, -0.05) is 13.8 Å². The Labute approximate surface area is 132 Å². The van der Waals surface area contributed by atoms with Crippen molar-refractivity contribution in [1.29, 1.82) is 0 Å². The second-order valence-corrected chi connectivity index (χ2v) is 6.60. The number of nitrogens with two attached hydrogens (primary N) is 1. The van der Waals surface area contributed by atoms with Crippen LogP contribution in [-0.2, 0) is 11.8 Å². The summed E-state index contributed by atoms with van der Waals surface area (Å²) in [5.74, 6) is -0.693. The van der Waals surface area contributed by atoms with Gasteiger partial charge >= 0.3 is 5.97 Å². The molecule has 6 nitrogen and oxygen atoms in total. The van der Waals surface area contributed by atoms with Crippen LogP contribution in [0.5, 0.6) is 0 Å². The summed E-state index contributed by atoms with van der Waals surface area (Å²) in [7, 11) is 0. The van der Waals surface area contributed by atoms with Gasteiger partial charge in [0.2, 0.25) is 5.95 Å². The first-order valence-corrected chi connectivity index (χ1v) is 7.38. The van der Waals surface area contributed by atoms with Gasteiger partial charge < -0.3 is 15.8 Å². The summed E-state index contributed by atoms with van der Waals surface area (Å²) in [5, 5.41) is 10.2. The molecule has 2 heterocycles. The van der Waals surface area contributed by atoms with Crippen LogP contribution in [0.2, 0.25) is 0 Å². The van der Waals surface area contributed by atoms with Gasteiger partial charge in [-0.05, 0) is 41.2 Å². The van der Waals surface area contributed by atoms with Crippen LogP contribution < -0.4 is 5.73 Å². The van der Waals surface area contributed by atoms with Gasteiger partial charge in [0.1, 0.15) is 0 Å². The monoisotopic (exact) mass is 308 g/mol. The lowest BCUT2D eigenvalue weighted by Crippen LogP contribution is -2.26. The number of aromatic carboxylic acids is 1. The first-order valence-electron chi connectivity index (χ1n) is 7.38. The summed E-state index contributed by atoms with van der Waals surface area (Å²) in [6.45, 7) is 4.29. The van der Waals surface area contributed by atoms with Gasteiger partial charge in [-0.2, -0.15) is 0 Å². The quantitative estimate of drug-likeness (QED) is 0.641. The third-order valence-electron chi connectivity index (χ3n) is 4.47. The largest absolute Gasteiger partial charge is 0.478 e. The summed E-state index contributed by atoms with van der Waals surface area (Å²) in [6, 6.07) is 5.14.